The third kappa shape index (κ3) is 5.52. The van der Waals surface area contributed by atoms with E-state index in [1.54, 1.807) is 6.07 Å². The van der Waals surface area contributed by atoms with Crippen molar-refractivity contribution in [3.8, 4) is 0 Å². The van der Waals surface area contributed by atoms with Crippen molar-refractivity contribution in [2.24, 2.45) is 0 Å². The minimum atomic E-state index is -4.23. The van der Waals surface area contributed by atoms with Crippen molar-refractivity contribution in [2.45, 2.75) is 45.7 Å². The van der Waals surface area contributed by atoms with Crippen LogP contribution in [0.25, 0.3) is 0 Å². The van der Waals surface area contributed by atoms with Crippen LogP contribution in [0, 0.1) is 0 Å². The molecule has 1 rings (SSSR count). The third-order valence-corrected chi connectivity index (χ3v) is 5.82. The molecule has 1 aromatic rings. The number of benzene rings is 1. The summed E-state index contributed by atoms with van der Waals surface area (Å²) in [5.41, 5.74) is -0.509. The smallest absolute Gasteiger partial charge is 0.166 e. The predicted molar refractivity (Wildman–Crippen MR) is 77.5 cm³/mol. The molecule has 0 N–H and O–H groups in total. The minimum Gasteiger partial charge on any atom is -0.166 e. The van der Waals surface area contributed by atoms with E-state index in [9.17, 15) is 13.2 Å². The number of unbranched alkanes of at least 4 members (excludes halogenated alkanes) is 2. The highest BCUT2D eigenvalue weighted by atomic mass is 31.1. The topological polar surface area (TPSA) is 0 Å². The van der Waals surface area contributed by atoms with E-state index in [0.29, 0.717) is 0 Å². The van der Waals surface area contributed by atoms with Gasteiger partial charge >= 0.3 is 6.18 Å². The van der Waals surface area contributed by atoms with Crippen LogP contribution >= 0.6 is 7.92 Å². The number of hydrogen-bond donors (Lipinski definition) is 0. The van der Waals surface area contributed by atoms with Crippen molar-refractivity contribution in [1.29, 1.82) is 0 Å². The zero-order chi connectivity index (χ0) is 14.3. The Morgan fingerprint density at radius 3 is 2.05 bits per heavy atom. The van der Waals surface area contributed by atoms with Gasteiger partial charge in [0, 0.05) is 0 Å². The summed E-state index contributed by atoms with van der Waals surface area (Å²) in [4.78, 5) is 0. The summed E-state index contributed by atoms with van der Waals surface area (Å²) >= 11 is 0. The zero-order valence-corrected chi connectivity index (χ0v) is 12.5. The Morgan fingerprint density at radius 2 is 1.58 bits per heavy atom. The first-order valence-electron chi connectivity index (χ1n) is 6.91. The Morgan fingerprint density at radius 1 is 1.00 bits per heavy atom. The Balaban J connectivity index is 2.88. The van der Waals surface area contributed by atoms with Crippen LogP contribution in [0.1, 0.15) is 45.1 Å². The highest BCUT2D eigenvalue weighted by molar-refractivity contribution is 7.65. The van der Waals surface area contributed by atoms with Gasteiger partial charge in [0.25, 0.3) is 0 Å². The van der Waals surface area contributed by atoms with Crippen molar-refractivity contribution >= 4 is 13.2 Å². The lowest BCUT2D eigenvalue weighted by Gasteiger charge is -2.19. The van der Waals surface area contributed by atoms with Crippen molar-refractivity contribution in [3.05, 3.63) is 29.8 Å². The second-order valence-corrected chi connectivity index (χ2v) is 7.23. The molecule has 0 spiro atoms. The Kier molecular flexibility index (Phi) is 6.85. The molecule has 0 nitrogen and oxygen atoms in total. The lowest BCUT2D eigenvalue weighted by molar-refractivity contribution is -0.137. The van der Waals surface area contributed by atoms with Gasteiger partial charge in [-0.1, -0.05) is 46.7 Å². The third-order valence-electron chi connectivity index (χ3n) is 3.10. The molecular formula is C15H22F3P. The van der Waals surface area contributed by atoms with Gasteiger partial charge in [0.05, 0.1) is 5.56 Å². The van der Waals surface area contributed by atoms with Crippen LogP contribution in [0.4, 0.5) is 13.2 Å². The van der Waals surface area contributed by atoms with Gasteiger partial charge in [0.1, 0.15) is 0 Å². The van der Waals surface area contributed by atoms with Crippen LogP contribution in [0.2, 0.25) is 0 Å². The first-order chi connectivity index (χ1) is 8.99. The maximum atomic E-state index is 12.7. The monoisotopic (exact) mass is 290 g/mol. The first kappa shape index (κ1) is 16.5. The van der Waals surface area contributed by atoms with Gasteiger partial charge in [-0.2, -0.15) is 13.2 Å². The fourth-order valence-corrected chi connectivity index (χ4v) is 4.70. The van der Waals surface area contributed by atoms with Crippen molar-refractivity contribution in [3.63, 3.8) is 0 Å². The van der Waals surface area contributed by atoms with E-state index in [1.165, 1.54) is 6.07 Å². The molecule has 0 radical (unpaired) electrons. The summed E-state index contributed by atoms with van der Waals surface area (Å²) in [6, 6.07) is 5.94. The summed E-state index contributed by atoms with van der Waals surface area (Å²) in [5, 5.41) is 0.909. The lowest BCUT2D eigenvalue weighted by atomic mass is 10.2. The fraction of sp³-hybridized carbons (Fsp3) is 0.600. The Bertz CT molecular complexity index is 366. The second-order valence-electron chi connectivity index (χ2n) is 4.74. The quantitative estimate of drug-likeness (QED) is 0.589. The number of hydrogen-bond acceptors (Lipinski definition) is 0. The molecule has 0 saturated heterocycles. The predicted octanol–water partition coefficient (Wildman–Crippen LogP) is 5.41. The van der Waals surface area contributed by atoms with E-state index in [2.05, 4.69) is 13.8 Å². The molecule has 0 fully saturated rings. The van der Waals surface area contributed by atoms with E-state index in [4.69, 9.17) is 0 Å². The highest BCUT2D eigenvalue weighted by Crippen LogP contribution is 2.38. The normalized spacial score (nSPS) is 12.1. The van der Waals surface area contributed by atoms with Gasteiger partial charge in [-0.3, -0.25) is 0 Å². The molecule has 0 bridgehead atoms. The molecule has 19 heavy (non-hydrogen) atoms. The van der Waals surface area contributed by atoms with Gasteiger partial charge in [0.15, 0.2) is 0 Å². The van der Waals surface area contributed by atoms with Crippen molar-refractivity contribution < 1.29 is 13.2 Å². The van der Waals surface area contributed by atoms with Crippen LogP contribution in [0.3, 0.4) is 0 Å². The lowest BCUT2D eigenvalue weighted by Crippen LogP contribution is -2.12. The van der Waals surface area contributed by atoms with Gasteiger partial charge in [-0.25, -0.2) is 0 Å². The molecule has 0 unspecified atom stereocenters. The standard InChI is InChI=1S/C15H22F3P/c1-3-5-10-19(11-6-4-2)14-9-7-8-13(12-14)15(16,17)18/h7-9,12H,3-6,10-11H2,1-2H3. The first-order valence-corrected chi connectivity index (χ1v) is 8.62. The summed E-state index contributed by atoms with van der Waals surface area (Å²) in [5.74, 6) is 0. The van der Waals surface area contributed by atoms with Crippen LogP contribution in [-0.4, -0.2) is 12.3 Å². The van der Waals surface area contributed by atoms with Gasteiger partial charge in [0.2, 0.25) is 0 Å². The Hall–Kier alpha value is -0.560. The van der Waals surface area contributed by atoms with Gasteiger partial charge in [-0.05, 0) is 42.6 Å². The summed E-state index contributed by atoms with van der Waals surface area (Å²) in [6.07, 6.45) is 2.28. The number of halogens is 3. The van der Waals surface area contributed by atoms with Gasteiger partial charge in [-0.15, -0.1) is 0 Å². The van der Waals surface area contributed by atoms with Crippen LogP contribution < -0.4 is 5.30 Å². The molecular weight excluding hydrogens is 268 g/mol. The zero-order valence-electron chi connectivity index (χ0n) is 11.6. The maximum absolute atomic E-state index is 12.7. The molecule has 0 saturated carbocycles. The van der Waals surface area contributed by atoms with Crippen molar-refractivity contribution in [1.82, 2.24) is 0 Å². The molecule has 108 valence electrons. The molecule has 0 aliphatic heterocycles. The van der Waals surface area contributed by atoms with Crippen LogP contribution in [-0.2, 0) is 6.18 Å². The molecule has 0 aliphatic rings. The molecule has 0 aliphatic carbocycles. The largest absolute Gasteiger partial charge is 0.416 e. The van der Waals surface area contributed by atoms with E-state index < -0.39 is 19.7 Å². The van der Waals surface area contributed by atoms with E-state index in [0.717, 1.165) is 49.4 Å². The molecule has 4 heteroatoms. The van der Waals surface area contributed by atoms with Crippen molar-refractivity contribution in [2.75, 3.05) is 12.3 Å². The highest BCUT2D eigenvalue weighted by Gasteiger charge is 2.30. The summed E-state index contributed by atoms with van der Waals surface area (Å²) < 4.78 is 38.2. The SMILES string of the molecule is CCCCP(CCCC)c1cccc(C(F)(F)F)c1. The second kappa shape index (κ2) is 7.89. The average molecular weight is 290 g/mol. The van der Waals surface area contributed by atoms with E-state index >= 15 is 0 Å². The fourth-order valence-electron chi connectivity index (χ4n) is 1.95. The van der Waals surface area contributed by atoms with Crippen LogP contribution in [0.15, 0.2) is 24.3 Å². The number of rotatable bonds is 7. The van der Waals surface area contributed by atoms with E-state index in [-0.39, 0.29) is 0 Å². The van der Waals surface area contributed by atoms with E-state index in [1.807, 2.05) is 6.07 Å². The molecule has 0 atom stereocenters. The molecule has 0 heterocycles. The minimum absolute atomic E-state index is 0.431. The molecule has 0 aromatic heterocycles. The Labute approximate surface area is 115 Å². The summed E-state index contributed by atoms with van der Waals surface area (Å²) in [7, 11) is -0.431. The molecule has 0 amide bonds. The summed E-state index contributed by atoms with van der Waals surface area (Å²) in [6.45, 7) is 4.25. The number of alkyl halides is 3. The van der Waals surface area contributed by atoms with Crippen LogP contribution in [0.5, 0.6) is 0 Å². The van der Waals surface area contributed by atoms with Gasteiger partial charge < -0.3 is 0 Å². The maximum Gasteiger partial charge on any atom is 0.416 e. The average Bonchev–Trinajstić information content (AvgIpc) is 2.38. The molecule has 1 aromatic carbocycles.